The van der Waals surface area contributed by atoms with E-state index in [1.54, 1.807) is 7.11 Å². The minimum absolute atomic E-state index is 0.0804. The summed E-state index contributed by atoms with van der Waals surface area (Å²) in [5.74, 6) is 1.76. The number of ether oxygens (including phenoxy) is 1. The molecule has 2 aromatic rings. The van der Waals surface area contributed by atoms with Gasteiger partial charge in [-0.2, -0.15) is 0 Å². The fourth-order valence-electron chi connectivity index (χ4n) is 2.13. The number of hydrogen-bond acceptors (Lipinski definition) is 3. The lowest BCUT2D eigenvalue weighted by Crippen LogP contribution is -2.18. The van der Waals surface area contributed by atoms with E-state index in [1.165, 1.54) is 11.1 Å². The lowest BCUT2D eigenvalue weighted by Gasteiger charge is -2.16. The van der Waals surface area contributed by atoms with Crippen LogP contribution >= 0.6 is 0 Å². The predicted molar refractivity (Wildman–Crippen MR) is 71.5 cm³/mol. The molecule has 3 nitrogen and oxygen atoms in total. The van der Waals surface area contributed by atoms with Crippen molar-refractivity contribution in [3.05, 3.63) is 59.0 Å². The van der Waals surface area contributed by atoms with Gasteiger partial charge in [0.05, 0.1) is 6.04 Å². The maximum atomic E-state index is 5.80. The second kappa shape index (κ2) is 5.85. The molecule has 0 fully saturated rings. The van der Waals surface area contributed by atoms with Crippen LogP contribution < -0.4 is 5.32 Å². The number of methoxy groups -OCH3 is 1. The van der Waals surface area contributed by atoms with E-state index in [-0.39, 0.29) is 6.04 Å². The quantitative estimate of drug-likeness (QED) is 0.879. The van der Waals surface area contributed by atoms with Gasteiger partial charge in [-0.3, -0.25) is 0 Å². The van der Waals surface area contributed by atoms with Crippen molar-refractivity contribution in [2.24, 2.45) is 0 Å². The third kappa shape index (κ3) is 2.63. The Hall–Kier alpha value is -1.58. The highest BCUT2D eigenvalue weighted by Gasteiger charge is 2.17. The maximum Gasteiger partial charge on any atom is 0.129 e. The minimum Gasteiger partial charge on any atom is -0.462 e. The second-order valence-corrected chi connectivity index (χ2v) is 4.32. The highest BCUT2D eigenvalue weighted by Crippen LogP contribution is 2.26. The zero-order valence-corrected chi connectivity index (χ0v) is 11.1. The molecule has 0 bridgehead atoms. The second-order valence-electron chi connectivity index (χ2n) is 4.32. The number of furan rings is 1. The van der Waals surface area contributed by atoms with Crippen molar-refractivity contribution >= 4 is 0 Å². The molecule has 1 N–H and O–H groups in total. The van der Waals surface area contributed by atoms with Crippen molar-refractivity contribution in [3.63, 3.8) is 0 Å². The molecule has 0 radical (unpaired) electrons. The first kappa shape index (κ1) is 12.9. The first-order valence-electron chi connectivity index (χ1n) is 6.06. The molecule has 1 unspecified atom stereocenters. The first-order valence-corrected chi connectivity index (χ1v) is 6.06. The minimum atomic E-state index is 0.0804. The first-order chi connectivity index (χ1) is 8.76. The fourth-order valence-corrected chi connectivity index (χ4v) is 2.13. The summed E-state index contributed by atoms with van der Waals surface area (Å²) in [5.41, 5.74) is 2.49. The molecule has 0 spiro atoms. The largest absolute Gasteiger partial charge is 0.462 e. The van der Waals surface area contributed by atoms with Gasteiger partial charge in [-0.1, -0.05) is 24.3 Å². The molecule has 0 aliphatic rings. The Morgan fingerprint density at radius 2 is 2.00 bits per heavy atom. The van der Waals surface area contributed by atoms with Gasteiger partial charge < -0.3 is 14.5 Å². The van der Waals surface area contributed by atoms with Crippen LogP contribution in [0.25, 0.3) is 0 Å². The molecule has 18 heavy (non-hydrogen) atoms. The Kier molecular flexibility index (Phi) is 4.18. The summed E-state index contributed by atoms with van der Waals surface area (Å²) < 4.78 is 10.9. The van der Waals surface area contributed by atoms with Crippen molar-refractivity contribution in [2.45, 2.75) is 19.6 Å². The lowest BCUT2D eigenvalue weighted by molar-refractivity contribution is 0.162. The van der Waals surface area contributed by atoms with Gasteiger partial charge in [0.15, 0.2) is 0 Å². The molecular formula is C15H19NO2. The van der Waals surface area contributed by atoms with Crippen molar-refractivity contribution in [1.82, 2.24) is 5.32 Å². The van der Waals surface area contributed by atoms with Crippen molar-refractivity contribution in [3.8, 4) is 0 Å². The highest BCUT2D eigenvalue weighted by molar-refractivity contribution is 5.33. The third-order valence-electron chi connectivity index (χ3n) is 3.04. The molecule has 0 amide bonds. The highest BCUT2D eigenvalue weighted by atomic mass is 16.5. The van der Waals surface area contributed by atoms with E-state index in [2.05, 4.69) is 24.4 Å². The molecule has 96 valence electrons. The van der Waals surface area contributed by atoms with Gasteiger partial charge in [-0.05, 0) is 37.2 Å². The third-order valence-corrected chi connectivity index (χ3v) is 3.04. The van der Waals surface area contributed by atoms with Crippen LogP contribution in [0.4, 0.5) is 0 Å². The van der Waals surface area contributed by atoms with Gasteiger partial charge in [0.25, 0.3) is 0 Å². The standard InChI is InChI=1S/C15H19NO2/c1-11-6-4-5-7-13(11)15(16-2)14-9-8-12(18-14)10-17-3/h4-9,15-16H,10H2,1-3H3. The van der Waals surface area contributed by atoms with E-state index in [0.717, 1.165) is 11.5 Å². The van der Waals surface area contributed by atoms with Crippen LogP contribution in [0.2, 0.25) is 0 Å². The molecule has 1 aromatic heterocycles. The summed E-state index contributed by atoms with van der Waals surface area (Å²) in [5, 5.41) is 3.30. The van der Waals surface area contributed by atoms with E-state index >= 15 is 0 Å². The van der Waals surface area contributed by atoms with Gasteiger partial charge in [0.2, 0.25) is 0 Å². The van der Waals surface area contributed by atoms with Crippen LogP contribution in [0.5, 0.6) is 0 Å². The SMILES string of the molecule is CNC(c1ccc(COC)o1)c1ccccc1C. The Labute approximate surface area is 108 Å². The predicted octanol–water partition coefficient (Wildman–Crippen LogP) is 3.04. The van der Waals surface area contributed by atoms with Gasteiger partial charge in [0, 0.05) is 7.11 Å². The van der Waals surface area contributed by atoms with Crippen LogP contribution in [0, 0.1) is 6.92 Å². The molecule has 1 aromatic carbocycles. The Balaban J connectivity index is 2.30. The molecule has 0 aliphatic heterocycles. The molecule has 1 heterocycles. The zero-order chi connectivity index (χ0) is 13.0. The normalized spacial score (nSPS) is 12.6. The monoisotopic (exact) mass is 245 g/mol. The van der Waals surface area contributed by atoms with Crippen molar-refractivity contribution in [1.29, 1.82) is 0 Å². The Morgan fingerprint density at radius 3 is 2.67 bits per heavy atom. The number of nitrogens with one attached hydrogen (secondary N) is 1. The van der Waals surface area contributed by atoms with Gasteiger partial charge in [-0.25, -0.2) is 0 Å². The van der Waals surface area contributed by atoms with Crippen LogP contribution in [0.15, 0.2) is 40.8 Å². The molecule has 0 aliphatic carbocycles. The van der Waals surface area contributed by atoms with Crippen LogP contribution in [0.3, 0.4) is 0 Å². The van der Waals surface area contributed by atoms with E-state index in [4.69, 9.17) is 9.15 Å². The molecule has 0 saturated heterocycles. The van der Waals surface area contributed by atoms with E-state index in [9.17, 15) is 0 Å². The number of aryl methyl sites for hydroxylation is 1. The molecule has 3 heteroatoms. The summed E-state index contributed by atoms with van der Waals surface area (Å²) in [7, 11) is 3.61. The average Bonchev–Trinajstić information content (AvgIpc) is 2.82. The van der Waals surface area contributed by atoms with Crippen molar-refractivity contribution < 1.29 is 9.15 Å². The molecule has 1 atom stereocenters. The average molecular weight is 245 g/mol. The summed E-state index contributed by atoms with van der Waals surface area (Å²) >= 11 is 0. The summed E-state index contributed by atoms with van der Waals surface area (Å²) in [6.45, 7) is 2.61. The maximum absolute atomic E-state index is 5.80. The van der Waals surface area contributed by atoms with Crippen LogP contribution in [-0.4, -0.2) is 14.2 Å². The smallest absolute Gasteiger partial charge is 0.129 e. The fraction of sp³-hybridized carbons (Fsp3) is 0.333. The summed E-state index contributed by atoms with van der Waals surface area (Å²) in [6.07, 6.45) is 0. The van der Waals surface area contributed by atoms with E-state index in [0.29, 0.717) is 6.61 Å². The summed E-state index contributed by atoms with van der Waals surface area (Å²) in [6, 6.07) is 12.4. The van der Waals surface area contributed by atoms with Crippen molar-refractivity contribution in [2.75, 3.05) is 14.2 Å². The zero-order valence-electron chi connectivity index (χ0n) is 11.1. The van der Waals surface area contributed by atoms with Gasteiger partial charge in [0.1, 0.15) is 18.1 Å². The number of hydrogen-bond donors (Lipinski definition) is 1. The Morgan fingerprint density at radius 1 is 1.22 bits per heavy atom. The Bertz CT molecular complexity index is 505. The van der Waals surface area contributed by atoms with E-state index < -0.39 is 0 Å². The van der Waals surface area contributed by atoms with Crippen LogP contribution in [-0.2, 0) is 11.3 Å². The topological polar surface area (TPSA) is 34.4 Å². The van der Waals surface area contributed by atoms with E-state index in [1.807, 2.05) is 31.3 Å². The van der Waals surface area contributed by atoms with Gasteiger partial charge >= 0.3 is 0 Å². The summed E-state index contributed by atoms with van der Waals surface area (Å²) in [4.78, 5) is 0. The molecular weight excluding hydrogens is 226 g/mol. The number of benzene rings is 1. The lowest BCUT2D eigenvalue weighted by atomic mass is 10.00. The number of rotatable bonds is 5. The molecule has 0 saturated carbocycles. The van der Waals surface area contributed by atoms with Crippen LogP contribution in [0.1, 0.15) is 28.7 Å². The van der Waals surface area contributed by atoms with Gasteiger partial charge in [-0.15, -0.1) is 0 Å². The molecule has 2 rings (SSSR count).